The van der Waals surface area contributed by atoms with Crippen LogP contribution in [0.4, 0.5) is 0 Å². The maximum Gasteiger partial charge on any atom is 0.0272 e. The number of hydrogen-bond donors (Lipinski definition) is 1. The van der Waals surface area contributed by atoms with E-state index in [1.807, 2.05) is 12.1 Å². The highest BCUT2D eigenvalue weighted by atomic mass is 15.4. The number of allylic oxidation sites excluding steroid dienone is 1. The Balaban J connectivity index is 2.59. The first kappa shape index (κ1) is 12.7. The summed E-state index contributed by atoms with van der Waals surface area (Å²) < 4.78 is 0. The molecule has 2 atom stereocenters. The molecule has 2 heteroatoms. The van der Waals surface area contributed by atoms with Gasteiger partial charge in [0, 0.05) is 13.1 Å². The minimum Gasteiger partial charge on any atom is -0.269 e. The van der Waals surface area contributed by atoms with Gasteiger partial charge in [0.25, 0.3) is 0 Å². The zero-order valence-electron chi connectivity index (χ0n) is 10.7. The van der Waals surface area contributed by atoms with E-state index < -0.39 is 0 Å². The lowest BCUT2D eigenvalue weighted by atomic mass is 9.76. The van der Waals surface area contributed by atoms with Crippen molar-refractivity contribution in [3.05, 3.63) is 12.7 Å². The molecule has 15 heavy (non-hydrogen) atoms. The van der Waals surface area contributed by atoms with Crippen LogP contribution in [0.2, 0.25) is 0 Å². The Hall–Kier alpha value is -0.340. The minimum atomic E-state index is 0.297. The lowest BCUT2D eigenvalue weighted by Crippen LogP contribution is -2.41. The quantitative estimate of drug-likeness (QED) is 0.429. The van der Waals surface area contributed by atoms with Crippen LogP contribution in [0, 0.1) is 17.3 Å². The van der Waals surface area contributed by atoms with Gasteiger partial charge in [-0.25, -0.2) is 5.01 Å². The molecule has 0 radical (unpaired) electrons. The third-order valence-electron chi connectivity index (χ3n) is 3.58. The van der Waals surface area contributed by atoms with E-state index in [2.05, 4.69) is 33.4 Å². The van der Waals surface area contributed by atoms with Gasteiger partial charge in [-0.2, -0.15) is 0 Å². The summed E-state index contributed by atoms with van der Waals surface area (Å²) in [6.45, 7) is 10.8. The average molecular weight is 210 g/mol. The summed E-state index contributed by atoms with van der Waals surface area (Å²) in [4.78, 5) is 0. The molecule has 0 heterocycles. The van der Waals surface area contributed by atoms with Gasteiger partial charge in [-0.15, -0.1) is 6.58 Å². The second kappa shape index (κ2) is 4.67. The Labute approximate surface area is 94.5 Å². The summed E-state index contributed by atoms with van der Waals surface area (Å²) in [5, 5.41) is 1.90. The molecule has 0 spiro atoms. The third kappa shape index (κ3) is 3.62. The van der Waals surface area contributed by atoms with Crippen molar-refractivity contribution in [3.63, 3.8) is 0 Å². The zero-order chi connectivity index (χ0) is 11.6. The molecule has 2 N–H and O–H groups in total. The highest BCUT2D eigenvalue weighted by Gasteiger charge is 2.36. The van der Waals surface area contributed by atoms with E-state index in [1.54, 1.807) is 0 Å². The van der Waals surface area contributed by atoms with E-state index in [1.165, 1.54) is 12.8 Å². The monoisotopic (exact) mass is 210 g/mol. The van der Waals surface area contributed by atoms with Gasteiger partial charge in [-0.1, -0.05) is 26.8 Å². The smallest absolute Gasteiger partial charge is 0.0272 e. The van der Waals surface area contributed by atoms with E-state index in [4.69, 9.17) is 5.84 Å². The van der Waals surface area contributed by atoms with Crippen molar-refractivity contribution in [1.29, 1.82) is 0 Å². The van der Waals surface area contributed by atoms with Gasteiger partial charge in [-0.3, -0.25) is 5.84 Å². The fourth-order valence-electron chi connectivity index (χ4n) is 2.24. The van der Waals surface area contributed by atoms with Crippen LogP contribution in [0.3, 0.4) is 0 Å². The Morgan fingerprint density at radius 3 is 2.27 bits per heavy atom. The molecule has 1 aliphatic rings. The molecule has 0 aromatic heterocycles. The minimum absolute atomic E-state index is 0.297. The van der Waals surface area contributed by atoms with Gasteiger partial charge in [0.2, 0.25) is 0 Å². The Morgan fingerprint density at radius 1 is 1.47 bits per heavy atom. The largest absolute Gasteiger partial charge is 0.269 e. The number of nitrogens with zero attached hydrogens (tertiary/aromatic N) is 1. The summed E-state index contributed by atoms with van der Waals surface area (Å²) in [5.74, 6) is 7.30. The average Bonchev–Trinajstić information content (AvgIpc) is 2.86. The number of rotatable bonds is 5. The highest BCUT2D eigenvalue weighted by Crippen LogP contribution is 2.40. The zero-order valence-corrected chi connectivity index (χ0v) is 10.7. The summed E-state index contributed by atoms with van der Waals surface area (Å²) in [5.41, 5.74) is 0.297. The molecule has 1 aliphatic carbocycles. The predicted molar refractivity (Wildman–Crippen MR) is 66.2 cm³/mol. The second-order valence-electron chi connectivity index (χ2n) is 6.01. The SMILES string of the molecule is C=CC(CC(C1CC1)N(C)N)C(C)(C)C. The molecule has 0 aromatic rings. The van der Waals surface area contributed by atoms with E-state index in [-0.39, 0.29) is 0 Å². The van der Waals surface area contributed by atoms with Crippen LogP contribution in [-0.4, -0.2) is 18.1 Å². The molecule has 88 valence electrons. The molecule has 2 nitrogen and oxygen atoms in total. The van der Waals surface area contributed by atoms with Crippen LogP contribution in [0.5, 0.6) is 0 Å². The van der Waals surface area contributed by atoms with Crippen LogP contribution < -0.4 is 5.84 Å². The summed E-state index contributed by atoms with van der Waals surface area (Å²) in [6, 6.07) is 0.534. The maximum absolute atomic E-state index is 5.92. The standard InChI is InChI=1S/C13H26N2/c1-6-11(13(2,3)4)9-12(15(5)14)10-7-8-10/h6,10-12H,1,7-9,14H2,2-5H3. The van der Waals surface area contributed by atoms with Gasteiger partial charge in [0.05, 0.1) is 0 Å². The number of hydrogen-bond acceptors (Lipinski definition) is 2. The number of nitrogens with two attached hydrogens (primary N) is 1. The molecule has 1 saturated carbocycles. The molecule has 2 unspecified atom stereocenters. The molecule has 0 saturated heterocycles. The molecule has 1 fully saturated rings. The van der Waals surface area contributed by atoms with Crippen molar-refractivity contribution in [2.45, 2.75) is 46.1 Å². The molecule has 0 aromatic carbocycles. The molecule has 0 amide bonds. The highest BCUT2D eigenvalue weighted by molar-refractivity contribution is 4.95. The van der Waals surface area contributed by atoms with Gasteiger partial charge in [0.15, 0.2) is 0 Å². The van der Waals surface area contributed by atoms with Crippen molar-refractivity contribution in [2.75, 3.05) is 7.05 Å². The van der Waals surface area contributed by atoms with Crippen molar-refractivity contribution in [2.24, 2.45) is 23.1 Å². The van der Waals surface area contributed by atoms with Crippen molar-refractivity contribution in [1.82, 2.24) is 5.01 Å². The Kier molecular flexibility index (Phi) is 3.96. The second-order valence-corrected chi connectivity index (χ2v) is 6.01. The van der Waals surface area contributed by atoms with Gasteiger partial charge >= 0.3 is 0 Å². The van der Waals surface area contributed by atoms with Crippen LogP contribution in [-0.2, 0) is 0 Å². The molecule has 0 aliphatic heterocycles. The van der Waals surface area contributed by atoms with E-state index in [0.29, 0.717) is 17.4 Å². The first-order valence-corrected chi connectivity index (χ1v) is 5.96. The first-order valence-electron chi connectivity index (χ1n) is 5.96. The van der Waals surface area contributed by atoms with Crippen molar-refractivity contribution in [3.8, 4) is 0 Å². The lowest BCUT2D eigenvalue weighted by Gasteiger charge is -2.34. The van der Waals surface area contributed by atoms with Crippen LogP contribution in [0.15, 0.2) is 12.7 Å². The van der Waals surface area contributed by atoms with E-state index >= 15 is 0 Å². The van der Waals surface area contributed by atoms with Gasteiger partial charge in [0.1, 0.15) is 0 Å². The fraction of sp³-hybridized carbons (Fsp3) is 0.846. The third-order valence-corrected chi connectivity index (χ3v) is 3.58. The first-order chi connectivity index (χ1) is 6.86. The molecular formula is C13H26N2. The fourth-order valence-corrected chi connectivity index (χ4v) is 2.24. The summed E-state index contributed by atoms with van der Waals surface area (Å²) >= 11 is 0. The Bertz CT molecular complexity index is 209. The predicted octanol–water partition coefficient (Wildman–Crippen LogP) is 2.81. The maximum atomic E-state index is 5.92. The van der Waals surface area contributed by atoms with Crippen molar-refractivity contribution < 1.29 is 0 Å². The number of hydrazine groups is 1. The summed E-state index contributed by atoms with van der Waals surface area (Å²) in [6.07, 6.45) is 5.93. The topological polar surface area (TPSA) is 29.3 Å². The molecular weight excluding hydrogens is 184 g/mol. The van der Waals surface area contributed by atoms with Crippen LogP contribution in [0.25, 0.3) is 0 Å². The normalized spacial score (nSPS) is 21.5. The molecule has 1 rings (SSSR count). The van der Waals surface area contributed by atoms with E-state index in [9.17, 15) is 0 Å². The van der Waals surface area contributed by atoms with Crippen LogP contribution >= 0.6 is 0 Å². The van der Waals surface area contributed by atoms with Crippen molar-refractivity contribution >= 4 is 0 Å². The van der Waals surface area contributed by atoms with E-state index in [0.717, 1.165) is 12.3 Å². The summed E-state index contributed by atoms with van der Waals surface area (Å²) in [7, 11) is 1.99. The molecule has 0 bridgehead atoms. The lowest BCUT2D eigenvalue weighted by molar-refractivity contribution is 0.157. The van der Waals surface area contributed by atoms with Gasteiger partial charge in [-0.05, 0) is 36.5 Å². The van der Waals surface area contributed by atoms with Crippen LogP contribution in [0.1, 0.15) is 40.0 Å². The Morgan fingerprint density at radius 2 is 2.00 bits per heavy atom. The van der Waals surface area contributed by atoms with Gasteiger partial charge < -0.3 is 0 Å².